The van der Waals surface area contributed by atoms with Gasteiger partial charge in [-0.05, 0) is 93.0 Å². The van der Waals surface area contributed by atoms with Gasteiger partial charge in [0.25, 0.3) is 0 Å². The maximum absolute atomic E-state index is 6.42. The lowest BCUT2D eigenvalue weighted by Crippen LogP contribution is -2.28. The van der Waals surface area contributed by atoms with Gasteiger partial charge in [0, 0.05) is 28.7 Å². The van der Waals surface area contributed by atoms with Crippen LogP contribution in [0.2, 0.25) is 0 Å². The molecule has 0 spiro atoms. The number of aromatic nitrogens is 1. The Kier molecular flexibility index (Phi) is 7.36. The summed E-state index contributed by atoms with van der Waals surface area (Å²) in [6.45, 7) is 0. The Morgan fingerprint density at radius 2 is 0.906 bits per heavy atom. The molecule has 250 valence electrons. The van der Waals surface area contributed by atoms with Crippen molar-refractivity contribution in [3.05, 3.63) is 229 Å². The van der Waals surface area contributed by atoms with Gasteiger partial charge in [0.1, 0.15) is 5.52 Å². The molecule has 0 aliphatic heterocycles. The molecule has 3 heteroatoms. The molecule has 0 atom stereocenters. The van der Waals surface area contributed by atoms with Crippen molar-refractivity contribution in [2.45, 2.75) is 5.41 Å². The van der Waals surface area contributed by atoms with E-state index in [0.29, 0.717) is 5.89 Å². The summed E-state index contributed by atoms with van der Waals surface area (Å²) in [5, 5.41) is 0. The molecule has 0 radical (unpaired) electrons. The van der Waals surface area contributed by atoms with Crippen LogP contribution in [0.3, 0.4) is 0 Å². The van der Waals surface area contributed by atoms with Gasteiger partial charge < -0.3 is 9.32 Å². The summed E-state index contributed by atoms with van der Waals surface area (Å²) in [4.78, 5) is 7.18. The molecule has 10 rings (SSSR count). The third kappa shape index (κ3) is 5.09. The molecule has 1 aliphatic rings. The first-order valence-electron chi connectivity index (χ1n) is 18.0. The minimum atomic E-state index is -0.507. The van der Waals surface area contributed by atoms with Gasteiger partial charge in [0.15, 0.2) is 5.58 Å². The first kappa shape index (κ1) is 30.8. The Morgan fingerprint density at radius 3 is 1.58 bits per heavy atom. The number of hydrogen-bond donors (Lipinski definition) is 0. The van der Waals surface area contributed by atoms with Gasteiger partial charge in [-0.3, -0.25) is 0 Å². The summed E-state index contributed by atoms with van der Waals surface area (Å²) in [6, 6.07) is 73.5. The second-order valence-electron chi connectivity index (χ2n) is 13.5. The number of hydrogen-bond acceptors (Lipinski definition) is 3. The average molecular weight is 679 g/mol. The largest absolute Gasteiger partial charge is 0.436 e. The van der Waals surface area contributed by atoms with Gasteiger partial charge in [-0.15, -0.1) is 0 Å². The fourth-order valence-corrected chi connectivity index (χ4v) is 8.21. The number of benzene rings is 8. The van der Waals surface area contributed by atoms with E-state index in [0.717, 1.165) is 33.7 Å². The van der Waals surface area contributed by atoms with Crippen molar-refractivity contribution in [2.75, 3.05) is 4.90 Å². The first-order chi connectivity index (χ1) is 26.3. The highest BCUT2D eigenvalue weighted by Gasteiger charge is 2.46. The second kappa shape index (κ2) is 12.7. The van der Waals surface area contributed by atoms with Crippen LogP contribution in [0.15, 0.2) is 211 Å². The summed E-state index contributed by atoms with van der Waals surface area (Å²) in [5.41, 5.74) is 15.0. The number of nitrogens with zero attached hydrogens (tertiary/aromatic N) is 2. The molecule has 3 nitrogen and oxygen atoms in total. The van der Waals surface area contributed by atoms with E-state index in [1.165, 1.54) is 44.5 Å². The second-order valence-corrected chi connectivity index (χ2v) is 13.5. The highest BCUT2D eigenvalue weighted by Crippen LogP contribution is 2.57. The Labute approximate surface area is 309 Å². The van der Waals surface area contributed by atoms with Crippen molar-refractivity contribution in [1.29, 1.82) is 0 Å². The van der Waals surface area contributed by atoms with Crippen molar-refractivity contribution in [3.8, 4) is 33.7 Å². The smallest absolute Gasteiger partial charge is 0.227 e. The fourth-order valence-electron chi connectivity index (χ4n) is 8.21. The molecule has 0 unspecified atom stereocenters. The number of anilines is 3. The lowest BCUT2D eigenvalue weighted by Gasteiger charge is -2.35. The maximum Gasteiger partial charge on any atom is 0.227 e. The Bertz CT molecular complexity index is 2660. The monoisotopic (exact) mass is 678 g/mol. The van der Waals surface area contributed by atoms with Crippen LogP contribution in [0, 0.1) is 0 Å². The van der Waals surface area contributed by atoms with Crippen LogP contribution in [-0.2, 0) is 5.41 Å². The zero-order valence-corrected chi connectivity index (χ0v) is 28.9. The summed E-state index contributed by atoms with van der Waals surface area (Å²) < 4.78 is 6.42. The van der Waals surface area contributed by atoms with Crippen LogP contribution >= 0.6 is 0 Å². The molecule has 9 aromatic rings. The van der Waals surface area contributed by atoms with E-state index >= 15 is 0 Å². The van der Waals surface area contributed by atoms with Crippen LogP contribution in [0.5, 0.6) is 0 Å². The van der Waals surface area contributed by atoms with Crippen LogP contribution in [0.25, 0.3) is 44.8 Å². The Balaban J connectivity index is 1.19. The number of rotatable bonds is 7. The molecular weight excluding hydrogens is 645 g/mol. The molecule has 1 aliphatic carbocycles. The first-order valence-corrected chi connectivity index (χ1v) is 18.0. The standard InChI is InChI=1S/C50H34N2O/c1-5-15-35(16-6-1)36-25-27-40(28-26-36)52(42-30-32-47-48(34-42)53-49(51-47)37-17-7-2-8-18-37)41-29-31-44-43-23-13-14-24-45(43)50(46(44)33-41,38-19-9-3-10-20-38)39-21-11-4-12-22-39/h1-34H. The minimum Gasteiger partial charge on any atom is -0.436 e. The van der Waals surface area contributed by atoms with E-state index in [4.69, 9.17) is 9.40 Å². The van der Waals surface area contributed by atoms with E-state index in [2.05, 4.69) is 181 Å². The van der Waals surface area contributed by atoms with Gasteiger partial charge in [-0.2, -0.15) is 0 Å². The van der Waals surface area contributed by atoms with Crippen LogP contribution in [0.1, 0.15) is 22.3 Å². The number of oxazole rings is 1. The predicted molar refractivity (Wildman–Crippen MR) is 217 cm³/mol. The third-order valence-corrected chi connectivity index (χ3v) is 10.6. The van der Waals surface area contributed by atoms with Crippen LogP contribution in [0.4, 0.5) is 17.1 Å². The SMILES string of the molecule is c1ccc(-c2ccc(N(c3ccc4c(c3)C(c3ccccc3)(c3ccccc3)c3ccccc3-4)c3ccc4nc(-c5ccccc5)oc4c3)cc2)cc1. The zero-order valence-electron chi connectivity index (χ0n) is 28.9. The predicted octanol–water partition coefficient (Wildman–Crippen LogP) is 13.0. The molecule has 0 amide bonds. The van der Waals surface area contributed by atoms with Crippen molar-refractivity contribution >= 4 is 28.2 Å². The normalized spacial score (nSPS) is 12.7. The van der Waals surface area contributed by atoms with Gasteiger partial charge >= 0.3 is 0 Å². The molecule has 1 aromatic heterocycles. The van der Waals surface area contributed by atoms with Gasteiger partial charge in [0.2, 0.25) is 5.89 Å². The molecule has 0 N–H and O–H groups in total. The summed E-state index contributed by atoms with van der Waals surface area (Å²) >= 11 is 0. The van der Waals surface area contributed by atoms with Crippen molar-refractivity contribution in [1.82, 2.24) is 4.98 Å². The molecule has 0 saturated heterocycles. The average Bonchev–Trinajstić information content (AvgIpc) is 3.80. The lowest BCUT2D eigenvalue weighted by atomic mass is 9.67. The van der Waals surface area contributed by atoms with Crippen molar-refractivity contribution in [3.63, 3.8) is 0 Å². The molecule has 0 bridgehead atoms. The van der Waals surface area contributed by atoms with Gasteiger partial charge in [-0.1, -0.05) is 152 Å². The van der Waals surface area contributed by atoms with E-state index < -0.39 is 5.41 Å². The van der Waals surface area contributed by atoms with E-state index in [1.807, 2.05) is 30.3 Å². The van der Waals surface area contributed by atoms with E-state index in [9.17, 15) is 0 Å². The third-order valence-electron chi connectivity index (χ3n) is 10.6. The maximum atomic E-state index is 6.42. The Morgan fingerprint density at radius 1 is 0.396 bits per heavy atom. The summed E-state index contributed by atoms with van der Waals surface area (Å²) in [6.07, 6.45) is 0. The fraction of sp³-hybridized carbons (Fsp3) is 0.0200. The van der Waals surface area contributed by atoms with Crippen molar-refractivity contribution in [2.24, 2.45) is 0 Å². The van der Waals surface area contributed by atoms with E-state index in [1.54, 1.807) is 0 Å². The summed E-state index contributed by atoms with van der Waals surface area (Å²) in [7, 11) is 0. The number of fused-ring (bicyclic) bond motifs is 4. The molecule has 0 saturated carbocycles. The zero-order chi connectivity index (χ0) is 35.2. The highest BCUT2D eigenvalue weighted by molar-refractivity contribution is 5.91. The quantitative estimate of drug-likeness (QED) is 0.168. The van der Waals surface area contributed by atoms with Crippen LogP contribution in [-0.4, -0.2) is 4.98 Å². The van der Waals surface area contributed by atoms with Gasteiger partial charge in [-0.25, -0.2) is 4.98 Å². The van der Waals surface area contributed by atoms with Crippen LogP contribution < -0.4 is 4.90 Å². The molecular formula is C50H34N2O. The Hall–Kier alpha value is -6.97. The molecule has 8 aromatic carbocycles. The molecule has 53 heavy (non-hydrogen) atoms. The van der Waals surface area contributed by atoms with Crippen molar-refractivity contribution < 1.29 is 4.42 Å². The van der Waals surface area contributed by atoms with E-state index in [-0.39, 0.29) is 0 Å². The van der Waals surface area contributed by atoms with Gasteiger partial charge in [0.05, 0.1) is 5.41 Å². The highest BCUT2D eigenvalue weighted by atomic mass is 16.3. The summed E-state index contributed by atoms with van der Waals surface area (Å²) in [5.74, 6) is 0.613. The lowest BCUT2D eigenvalue weighted by molar-refractivity contribution is 0.620. The molecule has 0 fully saturated rings. The minimum absolute atomic E-state index is 0.507. The topological polar surface area (TPSA) is 29.3 Å². The molecule has 1 heterocycles.